The first-order valence-corrected chi connectivity index (χ1v) is 5.11. The lowest BCUT2D eigenvalue weighted by molar-refractivity contribution is 0.117. The summed E-state index contributed by atoms with van der Waals surface area (Å²) in [7, 11) is 0. The van der Waals surface area contributed by atoms with Crippen LogP contribution in [0.1, 0.15) is 25.8 Å². The lowest BCUT2D eigenvalue weighted by atomic mass is 10.3. The van der Waals surface area contributed by atoms with Crippen LogP contribution in [0.5, 0.6) is 0 Å². The number of rotatable bonds is 7. The summed E-state index contributed by atoms with van der Waals surface area (Å²) in [5.41, 5.74) is 1.10. The molecule has 0 aliphatic rings. The van der Waals surface area contributed by atoms with Gasteiger partial charge in [0.05, 0.1) is 19.1 Å². The summed E-state index contributed by atoms with van der Waals surface area (Å²) in [4.78, 5) is 0. The van der Waals surface area contributed by atoms with Crippen molar-refractivity contribution < 1.29 is 9.15 Å². The monoisotopic (exact) mass is 197 g/mol. The smallest absolute Gasteiger partial charge is 0.0957 e. The second-order valence-electron chi connectivity index (χ2n) is 3.65. The first-order chi connectivity index (χ1) is 6.79. The van der Waals surface area contributed by atoms with Gasteiger partial charge in [0.15, 0.2) is 0 Å². The van der Waals surface area contributed by atoms with Gasteiger partial charge in [0.2, 0.25) is 0 Å². The Hall–Kier alpha value is -0.800. The van der Waals surface area contributed by atoms with Gasteiger partial charge in [-0.05, 0) is 19.0 Å². The summed E-state index contributed by atoms with van der Waals surface area (Å²) in [5, 5.41) is 3.34. The molecule has 0 bridgehead atoms. The second-order valence-corrected chi connectivity index (χ2v) is 3.65. The van der Waals surface area contributed by atoms with Crippen molar-refractivity contribution in [3.63, 3.8) is 0 Å². The molecule has 1 N–H and O–H groups in total. The minimum absolute atomic E-state index is 0.559. The molecule has 3 nitrogen and oxygen atoms in total. The topological polar surface area (TPSA) is 34.4 Å². The average Bonchev–Trinajstić information content (AvgIpc) is 2.63. The van der Waals surface area contributed by atoms with Crippen molar-refractivity contribution in [3.05, 3.63) is 24.2 Å². The van der Waals surface area contributed by atoms with Gasteiger partial charge in [0.25, 0.3) is 0 Å². The third-order valence-electron chi connectivity index (χ3n) is 1.87. The molecule has 0 amide bonds. The molecular weight excluding hydrogens is 178 g/mol. The predicted molar refractivity (Wildman–Crippen MR) is 56.1 cm³/mol. The van der Waals surface area contributed by atoms with Gasteiger partial charge in [-0.1, -0.05) is 13.8 Å². The zero-order chi connectivity index (χ0) is 10.2. The number of furan rings is 1. The highest BCUT2D eigenvalue weighted by Gasteiger charge is 1.95. The molecule has 1 aromatic heterocycles. The zero-order valence-electron chi connectivity index (χ0n) is 8.95. The van der Waals surface area contributed by atoms with Crippen LogP contribution < -0.4 is 5.32 Å². The van der Waals surface area contributed by atoms with Crippen molar-refractivity contribution in [3.8, 4) is 0 Å². The summed E-state index contributed by atoms with van der Waals surface area (Å²) < 4.78 is 10.4. The van der Waals surface area contributed by atoms with E-state index in [1.165, 1.54) is 0 Å². The van der Waals surface area contributed by atoms with Crippen LogP contribution in [-0.2, 0) is 11.3 Å². The Bertz CT molecular complexity index is 219. The minimum Gasteiger partial charge on any atom is -0.472 e. The molecule has 0 radical (unpaired) electrons. The van der Waals surface area contributed by atoms with Crippen LogP contribution in [-0.4, -0.2) is 19.2 Å². The van der Waals surface area contributed by atoms with E-state index in [1.54, 1.807) is 12.5 Å². The van der Waals surface area contributed by atoms with E-state index in [9.17, 15) is 0 Å². The Kier molecular flexibility index (Phi) is 5.33. The minimum atomic E-state index is 0.559. The summed E-state index contributed by atoms with van der Waals surface area (Å²) >= 11 is 0. The fourth-order valence-corrected chi connectivity index (χ4v) is 1.13. The van der Waals surface area contributed by atoms with E-state index in [0.29, 0.717) is 12.6 Å². The molecule has 0 spiro atoms. The van der Waals surface area contributed by atoms with Crippen LogP contribution in [0, 0.1) is 0 Å². The molecule has 14 heavy (non-hydrogen) atoms. The van der Waals surface area contributed by atoms with Gasteiger partial charge in [-0.15, -0.1) is 0 Å². The quantitative estimate of drug-likeness (QED) is 0.680. The van der Waals surface area contributed by atoms with Gasteiger partial charge in [-0.2, -0.15) is 0 Å². The predicted octanol–water partition coefficient (Wildman–Crippen LogP) is 2.18. The SMILES string of the molecule is CC(C)NCCCOCc1ccoc1. The second kappa shape index (κ2) is 6.62. The van der Waals surface area contributed by atoms with Crippen LogP contribution in [0.3, 0.4) is 0 Å². The van der Waals surface area contributed by atoms with Crippen molar-refractivity contribution in [2.24, 2.45) is 0 Å². The first kappa shape index (κ1) is 11.3. The Balaban J connectivity index is 1.90. The zero-order valence-corrected chi connectivity index (χ0v) is 8.95. The maximum Gasteiger partial charge on any atom is 0.0957 e. The van der Waals surface area contributed by atoms with Crippen molar-refractivity contribution in [1.29, 1.82) is 0 Å². The maximum absolute atomic E-state index is 5.46. The molecule has 1 aromatic rings. The van der Waals surface area contributed by atoms with Crippen LogP contribution in [0.15, 0.2) is 23.0 Å². The maximum atomic E-state index is 5.46. The van der Waals surface area contributed by atoms with Crippen molar-refractivity contribution in [2.45, 2.75) is 32.9 Å². The third kappa shape index (κ3) is 5.04. The standard InChI is InChI=1S/C11H19NO2/c1-10(2)12-5-3-6-13-8-11-4-7-14-9-11/h4,7,9-10,12H,3,5-6,8H2,1-2H3. The molecular formula is C11H19NO2. The van der Waals surface area contributed by atoms with Gasteiger partial charge in [0, 0.05) is 18.2 Å². The van der Waals surface area contributed by atoms with E-state index >= 15 is 0 Å². The molecule has 1 heterocycles. The molecule has 0 aliphatic carbocycles. The van der Waals surface area contributed by atoms with Crippen molar-refractivity contribution >= 4 is 0 Å². The van der Waals surface area contributed by atoms with Crippen molar-refractivity contribution in [1.82, 2.24) is 5.32 Å². The Morgan fingerprint density at radius 3 is 3.00 bits per heavy atom. The lowest BCUT2D eigenvalue weighted by Gasteiger charge is -2.07. The van der Waals surface area contributed by atoms with E-state index in [-0.39, 0.29) is 0 Å². The number of hydrogen-bond donors (Lipinski definition) is 1. The molecule has 0 aliphatic heterocycles. The van der Waals surface area contributed by atoms with Gasteiger partial charge in [0.1, 0.15) is 0 Å². The van der Waals surface area contributed by atoms with E-state index in [0.717, 1.165) is 25.1 Å². The highest BCUT2D eigenvalue weighted by Crippen LogP contribution is 2.01. The molecule has 0 saturated carbocycles. The largest absolute Gasteiger partial charge is 0.472 e. The molecule has 0 fully saturated rings. The number of hydrogen-bond acceptors (Lipinski definition) is 3. The van der Waals surface area contributed by atoms with E-state index in [1.807, 2.05) is 6.07 Å². The summed E-state index contributed by atoms with van der Waals surface area (Å²) in [5.74, 6) is 0. The van der Waals surface area contributed by atoms with Gasteiger partial charge in [-0.25, -0.2) is 0 Å². The Morgan fingerprint density at radius 1 is 1.50 bits per heavy atom. The Morgan fingerprint density at radius 2 is 2.36 bits per heavy atom. The average molecular weight is 197 g/mol. The summed E-state index contributed by atoms with van der Waals surface area (Å²) in [6, 6.07) is 2.48. The molecule has 0 aromatic carbocycles. The lowest BCUT2D eigenvalue weighted by Crippen LogP contribution is -2.24. The van der Waals surface area contributed by atoms with Crippen LogP contribution >= 0.6 is 0 Å². The van der Waals surface area contributed by atoms with Gasteiger partial charge in [-0.3, -0.25) is 0 Å². The number of ether oxygens (including phenoxy) is 1. The fourth-order valence-electron chi connectivity index (χ4n) is 1.13. The van der Waals surface area contributed by atoms with Gasteiger partial charge < -0.3 is 14.5 Å². The molecule has 0 atom stereocenters. The van der Waals surface area contributed by atoms with E-state index in [2.05, 4.69) is 19.2 Å². The first-order valence-electron chi connectivity index (χ1n) is 5.11. The van der Waals surface area contributed by atoms with Gasteiger partial charge >= 0.3 is 0 Å². The molecule has 0 unspecified atom stereocenters. The van der Waals surface area contributed by atoms with Crippen LogP contribution in [0.2, 0.25) is 0 Å². The van der Waals surface area contributed by atoms with Crippen LogP contribution in [0.4, 0.5) is 0 Å². The summed E-state index contributed by atoms with van der Waals surface area (Å²) in [6.45, 7) is 6.75. The normalized spacial score (nSPS) is 11.1. The van der Waals surface area contributed by atoms with E-state index in [4.69, 9.17) is 9.15 Å². The van der Waals surface area contributed by atoms with E-state index < -0.39 is 0 Å². The van der Waals surface area contributed by atoms with Crippen LogP contribution in [0.25, 0.3) is 0 Å². The highest BCUT2D eigenvalue weighted by atomic mass is 16.5. The molecule has 0 saturated heterocycles. The van der Waals surface area contributed by atoms with Crippen molar-refractivity contribution in [2.75, 3.05) is 13.2 Å². The Labute approximate surface area is 85.4 Å². The highest BCUT2D eigenvalue weighted by molar-refractivity contribution is 5.02. The molecule has 1 rings (SSSR count). The summed E-state index contributed by atoms with van der Waals surface area (Å²) in [6.07, 6.45) is 4.43. The molecule has 80 valence electrons. The third-order valence-corrected chi connectivity index (χ3v) is 1.87. The number of nitrogens with one attached hydrogen (secondary N) is 1. The fraction of sp³-hybridized carbons (Fsp3) is 0.636. The molecule has 3 heteroatoms.